The third kappa shape index (κ3) is 18.7. The third-order valence-corrected chi connectivity index (χ3v) is 5.40. The van der Waals surface area contributed by atoms with Crippen LogP contribution in [-0.2, 0) is 9.47 Å². The molecule has 23 heavy (non-hydrogen) atoms. The average Bonchev–Trinajstić information content (AvgIpc) is 2.57. The van der Waals surface area contributed by atoms with Gasteiger partial charge in [0.15, 0.2) is 0 Å². The Kier molecular flexibility index (Phi) is 19.2. The summed E-state index contributed by atoms with van der Waals surface area (Å²) >= 11 is 3.40. The van der Waals surface area contributed by atoms with Crippen LogP contribution in [0.2, 0.25) is 0 Å². The van der Waals surface area contributed by atoms with Crippen LogP contribution in [0.1, 0.15) is 32.6 Å². The second-order valence-electron chi connectivity index (χ2n) is 5.33. The quantitative estimate of drug-likeness (QED) is 0.317. The summed E-state index contributed by atoms with van der Waals surface area (Å²) in [5.41, 5.74) is 0. The van der Waals surface area contributed by atoms with Crippen molar-refractivity contribution in [3.05, 3.63) is 0 Å². The minimum atomic E-state index is -0.585. The zero-order valence-electron chi connectivity index (χ0n) is 14.3. The maximum absolute atomic E-state index is 9.38. The molecule has 0 rings (SSSR count). The normalized spacial score (nSPS) is 14.1. The van der Waals surface area contributed by atoms with Crippen molar-refractivity contribution in [3.8, 4) is 0 Å². The Balaban J connectivity index is 3.03. The molecule has 0 aliphatic rings. The van der Waals surface area contributed by atoms with Crippen LogP contribution in [0.25, 0.3) is 0 Å². The van der Waals surface area contributed by atoms with Crippen molar-refractivity contribution in [1.29, 1.82) is 0 Å². The van der Waals surface area contributed by atoms with Crippen LogP contribution >= 0.6 is 23.5 Å². The van der Waals surface area contributed by atoms with Gasteiger partial charge in [-0.15, -0.1) is 0 Å². The van der Waals surface area contributed by atoms with Crippen LogP contribution in [0, 0.1) is 0 Å². The maximum Gasteiger partial charge on any atom is 0.0861 e. The van der Waals surface area contributed by atoms with Crippen LogP contribution in [0.15, 0.2) is 0 Å². The van der Waals surface area contributed by atoms with Crippen molar-refractivity contribution in [1.82, 2.24) is 0 Å². The van der Waals surface area contributed by atoms with Crippen molar-refractivity contribution >= 4 is 23.5 Å². The second-order valence-corrected chi connectivity index (χ2v) is 7.63. The van der Waals surface area contributed by atoms with Gasteiger partial charge in [-0.2, -0.15) is 23.5 Å². The molecule has 0 aromatic heterocycles. The molecule has 0 aliphatic heterocycles. The first-order valence-corrected chi connectivity index (χ1v) is 10.8. The van der Waals surface area contributed by atoms with E-state index >= 15 is 0 Å². The minimum Gasteiger partial charge on any atom is -0.394 e. The Morgan fingerprint density at radius 2 is 1.43 bits per heavy atom. The molecule has 0 radical (unpaired) electrons. The second kappa shape index (κ2) is 18.8. The molecule has 0 aromatic rings. The number of rotatable bonds is 18. The summed E-state index contributed by atoms with van der Waals surface area (Å²) in [6.07, 6.45) is 3.32. The largest absolute Gasteiger partial charge is 0.394 e. The highest BCUT2D eigenvalue weighted by molar-refractivity contribution is 7.99. The van der Waals surface area contributed by atoms with Crippen molar-refractivity contribution in [3.63, 3.8) is 0 Å². The number of aliphatic hydroxyl groups excluding tert-OH is 3. The molecule has 0 bridgehead atoms. The monoisotopic (exact) mass is 370 g/mol. The molecule has 0 aromatic carbocycles. The van der Waals surface area contributed by atoms with E-state index in [9.17, 15) is 5.11 Å². The van der Waals surface area contributed by atoms with Crippen molar-refractivity contribution in [2.24, 2.45) is 0 Å². The van der Waals surface area contributed by atoms with Crippen LogP contribution < -0.4 is 0 Å². The summed E-state index contributed by atoms with van der Waals surface area (Å²) in [7, 11) is 0. The lowest BCUT2D eigenvalue weighted by molar-refractivity contribution is 0.0523. The molecule has 0 spiro atoms. The van der Waals surface area contributed by atoms with Gasteiger partial charge in [0.05, 0.1) is 38.6 Å². The number of ether oxygens (including phenoxy) is 2. The first-order valence-electron chi connectivity index (χ1n) is 8.48. The predicted molar refractivity (Wildman–Crippen MR) is 99.5 cm³/mol. The van der Waals surface area contributed by atoms with E-state index in [0.717, 1.165) is 49.5 Å². The van der Waals surface area contributed by atoms with Crippen LogP contribution in [0.5, 0.6) is 0 Å². The van der Waals surface area contributed by atoms with Gasteiger partial charge in [-0.1, -0.05) is 13.3 Å². The van der Waals surface area contributed by atoms with Crippen LogP contribution in [-0.4, -0.2) is 83.6 Å². The zero-order chi connectivity index (χ0) is 17.2. The molecule has 0 amide bonds. The van der Waals surface area contributed by atoms with Crippen molar-refractivity contribution < 1.29 is 24.8 Å². The molecular formula is C16H34O5S2. The fourth-order valence-corrected chi connectivity index (χ4v) is 3.50. The molecule has 0 fully saturated rings. The van der Waals surface area contributed by atoms with Gasteiger partial charge in [-0.25, -0.2) is 0 Å². The van der Waals surface area contributed by atoms with Crippen molar-refractivity contribution in [2.75, 3.05) is 56.0 Å². The first-order chi connectivity index (χ1) is 11.2. The molecule has 0 saturated carbocycles. The highest BCUT2D eigenvalue weighted by Gasteiger charge is 2.01. The summed E-state index contributed by atoms with van der Waals surface area (Å²) in [5.74, 6) is 3.33. The summed E-state index contributed by atoms with van der Waals surface area (Å²) in [6, 6.07) is 0. The van der Waals surface area contributed by atoms with E-state index in [2.05, 4.69) is 0 Å². The maximum atomic E-state index is 9.38. The number of hydrogen-bond acceptors (Lipinski definition) is 7. The molecule has 7 heteroatoms. The SMILES string of the molecule is CCC(O)CSCCOCCOCCCCCSCC(O)CO. The highest BCUT2D eigenvalue weighted by Crippen LogP contribution is 2.08. The predicted octanol–water partition coefficient (Wildman–Crippen LogP) is 1.78. The molecule has 2 unspecified atom stereocenters. The van der Waals surface area contributed by atoms with E-state index in [0.29, 0.717) is 25.6 Å². The standard InChI is InChI=1S/C16H34O5S2/c1-2-15(18)13-23-11-9-21-8-7-20-6-4-3-5-10-22-14-16(19)12-17/h15-19H,2-14H2,1H3. The van der Waals surface area contributed by atoms with E-state index in [1.807, 2.05) is 6.92 Å². The van der Waals surface area contributed by atoms with E-state index in [-0.39, 0.29) is 12.7 Å². The van der Waals surface area contributed by atoms with E-state index in [4.69, 9.17) is 19.7 Å². The third-order valence-electron chi connectivity index (χ3n) is 3.12. The molecule has 140 valence electrons. The molecule has 0 saturated heterocycles. The molecule has 3 N–H and O–H groups in total. The van der Waals surface area contributed by atoms with Gasteiger partial charge < -0.3 is 24.8 Å². The Labute approximate surface area is 149 Å². The smallest absolute Gasteiger partial charge is 0.0861 e. The Bertz CT molecular complexity index is 213. The van der Waals surface area contributed by atoms with Gasteiger partial charge in [0.25, 0.3) is 0 Å². The van der Waals surface area contributed by atoms with Gasteiger partial charge in [0.1, 0.15) is 0 Å². The van der Waals surface area contributed by atoms with Crippen LogP contribution in [0.3, 0.4) is 0 Å². The molecule has 5 nitrogen and oxygen atoms in total. The summed E-state index contributed by atoms with van der Waals surface area (Å²) < 4.78 is 11.0. The fourth-order valence-electron chi connectivity index (χ4n) is 1.63. The summed E-state index contributed by atoms with van der Waals surface area (Å²) in [5, 5.41) is 27.2. The van der Waals surface area contributed by atoms with E-state index in [1.165, 1.54) is 0 Å². The highest BCUT2D eigenvalue weighted by atomic mass is 32.2. The van der Waals surface area contributed by atoms with Gasteiger partial charge in [0.2, 0.25) is 0 Å². The topological polar surface area (TPSA) is 79.2 Å². The zero-order valence-corrected chi connectivity index (χ0v) is 16.0. The number of aliphatic hydroxyl groups is 3. The lowest BCUT2D eigenvalue weighted by atomic mass is 10.3. The lowest BCUT2D eigenvalue weighted by Gasteiger charge is -2.08. The van der Waals surface area contributed by atoms with Gasteiger partial charge in [0, 0.05) is 23.9 Å². The van der Waals surface area contributed by atoms with Gasteiger partial charge in [-0.3, -0.25) is 0 Å². The summed E-state index contributed by atoms with van der Waals surface area (Å²) in [4.78, 5) is 0. The minimum absolute atomic E-state index is 0.151. The van der Waals surface area contributed by atoms with E-state index in [1.54, 1.807) is 23.5 Å². The molecular weight excluding hydrogens is 336 g/mol. The molecule has 0 heterocycles. The van der Waals surface area contributed by atoms with Gasteiger partial charge >= 0.3 is 0 Å². The average molecular weight is 371 g/mol. The number of hydrogen-bond donors (Lipinski definition) is 3. The first kappa shape index (κ1) is 23.5. The van der Waals surface area contributed by atoms with Gasteiger partial charge in [-0.05, 0) is 25.0 Å². The van der Waals surface area contributed by atoms with E-state index < -0.39 is 6.10 Å². The summed E-state index contributed by atoms with van der Waals surface area (Å²) in [6.45, 7) is 4.58. The fraction of sp³-hybridized carbons (Fsp3) is 1.00. The number of thioether (sulfide) groups is 2. The van der Waals surface area contributed by atoms with Crippen molar-refractivity contribution in [2.45, 2.75) is 44.8 Å². The number of unbranched alkanes of at least 4 members (excludes halogenated alkanes) is 2. The Morgan fingerprint density at radius 3 is 2.13 bits per heavy atom. The van der Waals surface area contributed by atoms with Crippen LogP contribution in [0.4, 0.5) is 0 Å². The lowest BCUT2D eigenvalue weighted by Crippen LogP contribution is -2.14. The molecule has 0 aliphatic carbocycles. The Hall–Kier alpha value is 0.500. The molecule has 2 atom stereocenters. The Morgan fingerprint density at radius 1 is 0.783 bits per heavy atom.